The summed E-state index contributed by atoms with van der Waals surface area (Å²) in [5.74, 6) is 3.29. The number of piperidine rings is 1. The maximum absolute atomic E-state index is 4.74. The average Bonchev–Trinajstić information content (AvgIpc) is 2.45. The fraction of sp³-hybridized carbons (Fsp3) is 0.750. The predicted octanol–water partition coefficient (Wildman–Crippen LogP) is 2.73. The maximum Gasteiger partial charge on any atom is 0.133 e. The van der Waals surface area contributed by atoms with Crippen LogP contribution in [-0.2, 0) is 0 Å². The van der Waals surface area contributed by atoms with E-state index in [0.717, 1.165) is 49.4 Å². The standard InChI is InChI=1S/C16H28N4/c1-5-17-11-14-6-8-20(9-7-14)15-10-13(4)18-16(19-15)12(2)3/h10,12,14,17H,5-9,11H2,1-4H3. The van der Waals surface area contributed by atoms with Crippen molar-refractivity contribution in [2.75, 3.05) is 31.1 Å². The molecule has 20 heavy (non-hydrogen) atoms. The molecule has 0 bridgehead atoms. The number of hydrogen-bond acceptors (Lipinski definition) is 4. The Morgan fingerprint density at radius 3 is 2.60 bits per heavy atom. The molecule has 0 amide bonds. The summed E-state index contributed by atoms with van der Waals surface area (Å²) in [7, 11) is 0. The van der Waals surface area contributed by atoms with Crippen molar-refractivity contribution in [2.45, 2.75) is 46.5 Å². The third-order valence-corrected chi connectivity index (χ3v) is 4.00. The first-order valence-corrected chi connectivity index (χ1v) is 7.91. The van der Waals surface area contributed by atoms with Gasteiger partial charge in [-0.15, -0.1) is 0 Å². The number of rotatable bonds is 5. The minimum atomic E-state index is 0.389. The summed E-state index contributed by atoms with van der Waals surface area (Å²) in [5.41, 5.74) is 1.08. The van der Waals surface area contributed by atoms with Crippen LogP contribution < -0.4 is 10.2 Å². The predicted molar refractivity (Wildman–Crippen MR) is 84.3 cm³/mol. The Kier molecular flexibility index (Phi) is 5.35. The van der Waals surface area contributed by atoms with Crippen LogP contribution in [0, 0.1) is 12.8 Å². The van der Waals surface area contributed by atoms with Gasteiger partial charge in [-0.25, -0.2) is 9.97 Å². The molecule has 1 saturated heterocycles. The molecule has 1 N–H and O–H groups in total. The molecule has 0 unspecified atom stereocenters. The summed E-state index contributed by atoms with van der Waals surface area (Å²) < 4.78 is 0. The lowest BCUT2D eigenvalue weighted by molar-refractivity contribution is 0.385. The van der Waals surface area contributed by atoms with Crippen molar-refractivity contribution >= 4 is 5.82 Å². The zero-order valence-electron chi connectivity index (χ0n) is 13.3. The molecule has 0 spiro atoms. The van der Waals surface area contributed by atoms with Crippen molar-refractivity contribution in [3.63, 3.8) is 0 Å². The zero-order valence-corrected chi connectivity index (χ0v) is 13.3. The number of hydrogen-bond donors (Lipinski definition) is 1. The van der Waals surface area contributed by atoms with Crippen LogP contribution in [0.15, 0.2) is 6.07 Å². The van der Waals surface area contributed by atoms with Crippen LogP contribution in [0.4, 0.5) is 5.82 Å². The van der Waals surface area contributed by atoms with Crippen LogP contribution in [0.3, 0.4) is 0 Å². The summed E-state index contributed by atoms with van der Waals surface area (Å²) in [5, 5.41) is 3.46. The van der Waals surface area contributed by atoms with E-state index >= 15 is 0 Å². The highest BCUT2D eigenvalue weighted by atomic mass is 15.2. The van der Waals surface area contributed by atoms with Gasteiger partial charge in [-0.3, -0.25) is 0 Å². The first-order valence-electron chi connectivity index (χ1n) is 7.91. The Bertz CT molecular complexity index is 422. The lowest BCUT2D eigenvalue weighted by atomic mass is 9.97. The molecule has 1 aliphatic rings. The third kappa shape index (κ3) is 3.92. The van der Waals surface area contributed by atoms with Crippen molar-refractivity contribution in [2.24, 2.45) is 5.92 Å². The second kappa shape index (κ2) is 7.02. The van der Waals surface area contributed by atoms with Gasteiger partial charge in [0.25, 0.3) is 0 Å². The molecule has 0 atom stereocenters. The van der Waals surface area contributed by atoms with Gasteiger partial charge in [-0.2, -0.15) is 0 Å². The maximum atomic E-state index is 4.74. The van der Waals surface area contributed by atoms with E-state index in [-0.39, 0.29) is 0 Å². The SMILES string of the molecule is CCNCC1CCN(c2cc(C)nc(C(C)C)n2)CC1. The van der Waals surface area contributed by atoms with Gasteiger partial charge in [0.15, 0.2) is 0 Å². The molecule has 2 rings (SSSR count). The van der Waals surface area contributed by atoms with E-state index in [1.807, 2.05) is 0 Å². The highest BCUT2D eigenvalue weighted by molar-refractivity contribution is 5.40. The van der Waals surface area contributed by atoms with Crippen LogP contribution in [-0.4, -0.2) is 36.1 Å². The van der Waals surface area contributed by atoms with Gasteiger partial charge in [-0.05, 0) is 38.8 Å². The fourth-order valence-corrected chi connectivity index (χ4v) is 2.71. The van der Waals surface area contributed by atoms with E-state index in [9.17, 15) is 0 Å². The first-order chi connectivity index (χ1) is 9.60. The van der Waals surface area contributed by atoms with E-state index in [1.54, 1.807) is 0 Å². The van der Waals surface area contributed by atoms with Crippen molar-refractivity contribution in [3.8, 4) is 0 Å². The second-order valence-corrected chi connectivity index (χ2v) is 6.12. The summed E-state index contributed by atoms with van der Waals surface area (Å²) in [6, 6.07) is 2.12. The number of nitrogens with zero attached hydrogens (tertiary/aromatic N) is 3. The molecular weight excluding hydrogens is 248 g/mol. The van der Waals surface area contributed by atoms with Crippen LogP contribution in [0.25, 0.3) is 0 Å². The largest absolute Gasteiger partial charge is 0.356 e. The quantitative estimate of drug-likeness (QED) is 0.898. The van der Waals surface area contributed by atoms with Gasteiger partial charge < -0.3 is 10.2 Å². The van der Waals surface area contributed by atoms with E-state index in [0.29, 0.717) is 5.92 Å². The molecule has 1 aliphatic heterocycles. The molecule has 112 valence electrons. The Morgan fingerprint density at radius 1 is 1.30 bits per heavy atom. The average molecular weight is 276 g/mol. The Labute approximate surface area is 123 Å². The van der Waals surface area contributed by atoms with E-state index in [1.165, 1.54) is 12.8 Å². The summed E-state index contributed by atoms with van der Waals surface area (Å²) in [4.78, 5) is 11.7. The minimum absolute atomic E-state index is 0.389. The van der Waals surface area contributed by atoms with Gasteiger partial charge >= 0.3 is 0 Å². The lowest BCUT2D eigenvalue weighted by Crippen LogP contribution is -2.37. The molecule has 0 aliphatic carbocycles. The van der Waals surface area contributed by atoms with E-state index in [4.69, 9.17) is 4.98 Å². The summed E-state index contributed by atoms with van der Waals surface area (Å²) in [6.07, 6.45) is 2.51. The molecular formula is C16H28N4. The normalized spacial score (nSPS) is 16.9. The second-order valence-electron chi connectivity index (χ2n) is 6.12. The monoisotopic (exact) mass is 276 g/mol. The van der Waals surface area contributed by atoms with Gasteiger partial charge in [0, 0.05) is 30.8 Å². The molecule has 1 fully saturated rings. The summed E-state index contributed by atoms with van der Waals surface area (Å²) in [6.45, 7) is 13.0. The van der Waals surface area contributed by atoms with E-state index < -0.39 is 0 Å². The Balaban J connectivity index is 1.99. The molecule has 2 heterocycles. The minimum Gasteiger partial charge on any atom is -0.356 e. The number of anilines is 1. The van der Waals surface area contributed by atoms with Gasteiger partial charge in [0.1, 0.15) is 11.6 Å². The first kappa shape index (κ1) is 15.2. The molecule has 4 nitrogen and oxygen atoms in total. The molecule has 0 radical (unpaired) electrons. The van der Waals surface area contributed by atoms with Crippen LogP contribution >= 0.6 is 0 Å². The third-order valence-electron chi connectivity index (χ3n) is 4.00. The topological polar surface area (TPSA) is 41.0 Å². The van der Waals surface area contributed by atoms with Crippen molar-refractivity contribution in [1.82, 2.24) is 15.3 Å². The highest BCUT2D eigenvalue weighted by Crippen LogP contribution is 2.23. The number of aromatic nitrogens is 2. The molecule has 1 aromatic heterocycles. The van der Waals surface area contributed by atoms with Crippen LogP contribution in [0.1, 0.15) is 51.0 Å². The van der Waals surface area contributed by atoms with Crippen molar-refractivity contribution in [3.05, 3.63) is 17.6 Å². The Hall–Kier alpha value is -1.16. The molecule has 4 heteroatoms. The fourth-order valence-electron chi connectivity index (χ4n) is 2.71. The molecule has 0 saturated carbocycles. The summed E-state index contributed by atoms with van der Waals surface area (Å²) >= 11 is 0. The zero-order chi connectivity index (χ0) is 14.5. The smallest absolute Gasteiger partial charge is 0.133 e. The number of aryl methyl sites for hydroxylation is 1. The Morgan fingerprint density at radius 2 is 2.00 bits per heavy atom. The van der Waals surface area contributed by atoms with Crippen molar-refractivity contribution in [1.29, 1.82) is 0 Å². The van der Waals surface area contributed by atoms with Crippen molar-refractivity contribution < 1.29 is 0 Å². The van der Waals surface area contributed by atoms with Crippen LogP contribution in [0.5, 0.6) is 0 Å². The lowest BCUT2D eigenvalue weighted by Gasteiger charge is -2.33. The van der Waals surface area contributed by atoms with Crippen LogP contribution in [0.2, 0.25) is 0 Å². The highest BCUT2D eigenvalue weighted by Gasteiger charge is 2.20. The van der Waals surface area contributed by atoms with Gasteiger partial charge in [0.2, 0.25) is 0 Å². The molecule has 0 aromatic carbocycles. The molecule has 1 aromatic rings. The van der Waals surface area contributed by atoms with Gasteiger partial charge in [0.05, 0.1) is 0 Å². The van der Waals surface area contributed by atoms with E-state index in [2.05, 4.69) is 49.0 Å². The van der Waals surface area contributed by atoms with Gasteiger partial charge in [-0.1, -0.05) is 20.8 Å². The number of nitrogens with one attached hydrogen (secondary N) is 1.